The molecular weight excluding hydrogens is 374 g/mol. The summed E-state index contributed by atoms with van der Waals surface area (Å²) in [6.07, 6.45) is 0. The van der Waals surface area contributed by atoms with Crippen molar-refractivity contribution in [2.45, 2.75) is 6.54 Å². The van der Waals surface area contributed by atoms with E-state index in [9.17, 15) is 4.79 Å². The predicted octanol–water partition coefficient (Wildman–Crippen LogP) is 3.56. The zero-order chi connectivity index (χ0) is 19.3. The summed E-state index contributed by atoms with van der Waals surface area (Å²) in [6, 6.07) is 19.2. The van der Waals surface area contributed by atoms with Crippen LogP contribution in [0.15, 0.2) is 65.5 Å². The van der Waals surface area contributed by atoms with Gasteiger partial charge in [-0.15, -0.1) is 0 Å². The van der Waals surface area contributed by atoms with Crippen molar-refractivity contribution < 1.29 is 4.74 Å². The van der Waals surface area contributed by atoms with Gasteiger partial charge in [-0.2, -0.15) is 5.10 Å². The highest BCUT2D eigenvalue weighted by Gasteiger charge is 2.14. The number of halogens is 1. The highest BCUT2D eigenvalue weighted by Crippen LogP contribution is 2.23. The van der Waals surface area contributed by atoms with E-state index in [2.05, 4.69) is 10.00 Å². The maximum absolute atomic E-state index is 13.1. The highest BCUT2D eigenvalue weighted by molar-refractivity contribution is 6.30. The molecule has 4 rings (SSSR count). The largest absolute Gasteiger partial charge is 0.379 e. The second-order valence-corrected chi connectivity index (χ2v) is 7.23. The van der Waals surface area contributed by atoms with E-state index in [1.165, 1.54) is 0 Å². The van der Waals surface area contributed by atoms with Crippen molar-refractivity contribution in [1.29, 1.82) is 0 Å². The van der Waals surface area contributed by atoms with Gasteiger partial charge in [0.15, 0.2) is 0 Å². The minimum atomic E-state index is -0.0877. The minimum Gasteiger partial charge on any atom is -0.379 e. The molecule has 0 radical (unpaired) electrons. The lowest BCUT2D eigenvalue weighted by Gasteiger charge is -2.26. The minimum absolute atomic E-state index is 0.0877. The Bertz CT molecular complexity index is 981. The molecule has 0 bridgehead atoms. The van der Waals surface area contributed by atoms with Crippen LogP contribution in [-0.4, -0.2) is 47.5 Å². The Morgan fingerprint density at radius 3 is 2.36 bits per heavy atom. The Morgan fingerprint density at radius 2 is 1.64 bits per heavy atom. The zero-order valence-electron chi connectivity index (χ0n) is 15.6. The highest BCUT2D eigenvalue weighted by atomic mass is 35.5. The summed E-state index contributed by atoms with van der Waals surface area (Å²) >= 11 is 6.02. The van der Waals surface area contributed by atoms with Crippen LogP contribution in [0.3, 0.4) is 0 Å². The third-order valence-electron chi connectivity index (χ3n) is 4.93. The van der Waals surface area contributed by atoms with E-state index >= 15 is 0 Å². The van der Waals surface area contributed by atoms with Gasteiger partial charge >= 0.3 is 0 Å². The first-order chi connectivity index (χ1) is 13.7. The summed E-state index contributed by atoms with van der Waals surface area (Å²) in [5, 5.41) is 5.30. The molecule has 0 saturated carbocycles. The third kappa shape index (κ3) is 4.33. The lowest BCUT2D eigenvalue weighted by molar-refractivity contribution is 0.0358. The Morgan fingerprint density at radius 1 is 0.929 bits per heavy atom. The van der Waals surface area contributed by atoms with E-state index in [-0.39, 0.29) is 5.56 Å². The molecule has 2 heterocycles. The van der Waals surface area contributed by atoms with Crippen molar-refractivity contribution in [2.24, 2.45) is 0 Å². The lowest BCUT2D eigenvalue weighted by Crippen LogP contribution is -2.39. The van der Waals surface area contributed by atoms with Crippen molar-refractivity contribution >= 4 is 11.6 Å². The van der Waals surface area contributed by atoms with E-state index < -0.39 is 0 Å². The lowest BCUT2D eigenvalue weighted by atomic mass is 10.0. The van der Waals surface area contributed by atoms with Crippen LogP contribution in [0.5, 0.6) is 0 Å². The molecule has 0 spiro atoms. The number of ether oxygens (including phenoxy) is 1. The maximum Gasteiger partial charge on any atom is 0.274 e. The van der Waals surface area contributed by atoms with Crippen molar-refractivity contribution in [3.63, 3.8) is 0 Å². The van der Waals surface area contributed by atoms with Gasteiger partial charge in [0.2, 0.25) is 0 Å². The molecule has 1 fully saturated rings. The molecule has 0 atom stereocenters. The van der Waals surface area contributed by atoms with Gasteiger partial charge in [0.05, 0.1) is 31.0 Å². The molecule has 0 amide bonds. The Labute approximate surface area is 169 Å². The van der Waals surface area contributed by atoms with Crippen LogP contribution >= 0.6 is 11.6 Å². The standard InChI is InChI=1S/C22H22ClN3O2/c23-19-8-6-17(7-9-19)20-16-21(18-4-2-1-3-5-18)24-26(22(20)27)11-10-25-12-14-28-15-13-25/h1-9,16H,10-15H2. The number of benzene rings is 2. The topological polar surface area (TPSA) is 47.4 Å². The summed E-state index contributed by atoms with van der Waals surface area (Å²) < 4.78 is 6.99. The summed E-state index contributed by atoms with van der Waals surface area (Å²) in [5.41, 5.74) is 3.15. The number of rotatable bonds is 5. The predicted molar refractivity (Wildman–Crippen MR) is 112 cm³/mol. The third-order valence-corrected chi connectivity index (χ3v) is 5.18. The molecule has 1 aliphatic heterocycles. The number of hydrogen-bond acceptors (Lipinski definition) is 4. The normalized spacial score (nSPS) is 14.9. The van der Waals surface area contributed by atoms with Gasteiger partial charge in [-0.25, -0.2) is 4.68 Å². The molecule has 2 aromatic carbocycles. The van der Waals surface area contributed by atoms with E-state index in [0.717, 1.165) is 49.7 Å². The van der Waals surface area contributed by atoms with Crippen molar-refractivity contribution in [1.82, 2.24) is 14.7 Å². The number of aromatic nitrogens is 2. The molecule has 1 saturated heterocycles. The Kier molecular flexibility index (Phi) is 5.86. The fourth-order valence-electron chi connectivity index (χ4n) is 3.34. The van der Waals surface area contributed by atoms with Crippen LogP contribution < -0.4 is 5.56 Å². The van der Waals surface area contributed by atoms with Crippen molar-refractivity contribution in [2.75, 3.05) is 32.8 Å². The fraction of sp³-hybridized carbons (Fsp3) is 0.273. The van der Waals surface area contributed by atoms with Gasteiger partial charge in [0.1, 0.15) is 0 Å². The SMILES string of the molecule is O=c1c(-c2ccc(Cl)cc2)cc(-c2ccccc2)nn1CCN1CCOCC1. The van der Waals surface area contributed by atoms with Crippen LogP contribution in [0.2, 0.25) is 5.02 Å². The molecule has 0 N–H and O–H groups in total. The van der Waals surface area contributed by atoms with Gasteiger partial charge < -0.3 is 4.74 Å². The smallest absolute Gasteiger partial charge is 0.274 e. The first-order valence-corrected chi connectivity index (χ1v) is 9.82. The van der Waals surface area contributed by atoms with Gasteiger partial charge in [-0.1, -0.05) is 54.1 Å². The van der Waals surface area contributed by atoms with Crippen LogP contribution in [0.25, 0.3) is 22.4 Å². The molecule has 6 heteroatoms. The van der Waals surface area contributed by atoms with E-state index in [1.54, 1.807) is 16.8 Å². The van der Waals surface area contributed by atoms with Crippen molar-refractivity contribution in [3.05, 3.63) is 76.0 Å². The van der Waals surface area contributed by atoms with Crippen LogP contribution in [-0.2, 0) is 11.3 Å². The maximum atomic E-state index is 13.1. The Balaban J connectivity index is 1.72. The van der Waals surface area contributed by atoms with Gasteiger partial charge in [0.25, 0.3) is 5.56 Å². The average molecular weight is 396 g/mol. The van der Waals surface area contributed by atoms with Crippen LogP contribution in [0.1, 0.15) is 0 Å². The monoisotopic (exact) mass is 395 g/mol. The number of hydrogen-bond donors (Lipinski definition) is 0. The Hall–Kier alpha value is -2.47. The second-order valence-electron chi connectivity index (χ2n) is 6.80. The molecule has 144 valence electrons. The van der Waals surface area contributed by atoms with Gasteiger partial charge in [-0.3, -0.25) is 9.69 Å². The van der Waals surface area contributed by atoms with Crippen LogP contribution in [0.4, 0.5) is 0 Å². The first kappa shape index (κ1) is 18.9. The zero-order valence-corrected chi connectivity index (χ0v) is 16.3. The summed E-state index contributed by atoms with van der Waals surface area (Å²) in [7, 11) is 0. The molecule has 3 aromatic rings. The van der Waals surface area contributed by atoms with E-state index in [0.29, 0.717) is 17.1 Å². The van der Waals surface area contributed by atoms with Gasteiger partial charge in [-0.05, 0) is 23.8 Å². The summed E-state index contributed by atoms with van der Waals surface area (Å²) in [6.45, 7) is 4.56. The molecule has 0 aliphatic carbocycles. The first-order valence-electron chi connectivity index (χ1n) is 9.44. The molecule has 1 aromatic heterocycles. The quantitative estimate of drug-likeness (QED) is 0.662. The second kappa shape index (κ2) is 8.69. The molecule has 28 heavy (non-hydrogen) atoms. The summed E-state index contributed by atoms with van der Waals surface area (Å²) in [4.78, 5) is 15.4. The van der Waals surface area contributed by atoms with Gasteiger partial charge in [0, 0.05) is 30.2 Å². The van der Waals surface area contributed by atoms with E-state index in [4.69, 9.17) is 16.3 Å². The summed E-state index contributed by atoms with van der Waals surface area (Å²) in [5.74, 6) is 0. The molecular formula is C22H22ClN3O2. The van der Waals surface area contributed by atoms with Crippen LogP contribution in [0, 0.1) is 0 Å². The number of morpholine rings is 1. The number of nitrogens with zero attached hydrogens (tertiary/aromatic N) is 3. The van der Waals surface area contributed by atoms with E-state index in [1.807, 2.05) is 48.5 Å². The molecule has 0 unspecified atom stereocenters. The molecule has 5 nitrogen and oxygen atoms in total. The fourth-order valence-corrected chi connectivity index (χ4v) is 3.47. The molecule has 1 aliphatic rings. The average Bonchev–Trinajstić information content (AvgIpc) is 2.75. The van der Waals surface area contributed by atoms with Crippen molar-refractivity contribution in [3.8, 4) is 22.4 Å².